The van der Waals surface area contributed by atoms with Gasteiger partial charge in [0.25, 0.3) is 5.91 Å². The highest BCUT2D eigenvalue weighted by atomic mass is 32.2. The van der Waals surface area contributed by atoms with Gasteiger partial charge < -0.3 is 15.2 Å². The van der Waals surface area contributed by atoms with Crippen LogP contribution in [-0.4, -0.2) is 39.0 Å². The molecule has 0 saturated carbocycles. The summed E-state index contributed by atoms with van der Waals surface area (Å²) in [6, 6.07) is 19.1. The van der Waals surface area contributed by atoms with Crippen molar-refractivity contribution in [2.24, 2.45) is 0 Å². The number of amides is 1. The molecule has 0 aliphatic carbocycles. The summed E-state index contributed by atoms with van der Waals surface area (Å²) in [6.07, 6.45) is 0.397. The van der Waals surface area contributed by atoms with Gasteiger partial charge in [0.15, 0.2) is 0 Å². The number of nitrogens with zero attached hydrogens (tertiary/aromatic N) is 1. The van der Waals surface area contributed by atoms with Gasteiger partial charge in [-0.25, -0.2) is 9.78 Å². The van der Waals surface area contributed by atoms with Crippen LogP contribution < -0.4 is 10.1 Å². The Hall–Kier alpha value is -3.10. The van der Waals surface area contributed by atoms with E-state index in [9.17, 15) is 14.7 Å². The second-order valence-corrected chi connectivity index (χ2v) is 9.89. The van der Waals surface area contributed by atoms with Gasteiger partial charge in [0, 0.05) is 11.1 Å². The molecule has 3 aromatic carbocycles. The molecule has 6 nitrogen and oxygen atoms in total. The smallest absolute Gasteiger partial charge is 0.330 e. The molecule has 1 saturated heterocycles. The first-order chi connectivity index (χ1) is 15.6. The van der Waals surface area contributed by atoms with Crippen LogP contribution in [0.25, 0.3) is 21.0 Å². The Balaban J connectivity index is 1.49. The lowest BCUT2D eigenvalue weighted by atomic mass is 9.97. The Kier molecular flexibility index (Phi) is 5.48. The average Bonchev–Trinajstić information content (AvgIpc) is 3.44. The summed E-state index contributed by atoms with van der Waals surface area (Å²) in [7, 11) is 0. The number of fused-ring (bicyclic) bond motifs is 2. The number of thiazole rings is 1. The van der Waals surface area contributed by atoms with E-state index in [0.29, 0.717) is 29.2 Å². The zero-order chi connectivity index (χ0) is 22.1. The Morgan fingerprint density at radius 3 is 2.69 bits per heavy atom. The minimum Gasteiger partial charge on any atom is -0.485 e. The summed E-state index contributed by atoms with van der Waals surface area (Å²) in [5, 5.41) is 15.1. The number of nitrogens with one attached hydrogen (secondary N) is 1. The number of benzene rings is 3. The molecule has 8 heteroatoms. The van der Waals surface area contributed by atoms with Crippen molar-refractivity contribution in [1.82, 2.24) is 10.3 Å². The quantitative estimate of drug-likeness (QED) is 0.429. The van der Waals surface area contributed by atoms with Gasteiger partial charge in [-0.1, -0.05) is 42.5 Å². The van der Waals surface area contributed by atoms with Crippen LogP contribution in [0.1, 0.15) is 21.8 Å². The van der Waals surface area contributed by atoms with Gasteiger partial charge in [-0.3, -0.25) is 4.79 Å². The van der Waals surface area contributed by atoms with Crippen molar-refractivity contribution in [3.63, 3.8) is 0 Å². The average molecular weight is 465 g/mol. The van der Waals surface area contributed by atoms with E-state index in [1.807, 2.05) is 54.6 Å². The molecule has 5 rings (SSSR count). The number of hydrogen-bond donors (Lipinski definition) is 2. The molecule has 162 valence electrons. The van der Waals surface area contributed by atoms with Crippen molar-refractivity contribution in [3.05, 3.63) is 71.2 Å². The molecule has 1 amide bonds. The summed E-state index contributed by atoms with van der Waals surface area (Å²) >= 11 is 3.08. The van der Waals surface area contributed by atoms with Crippen LogP contribution in [0, 0.1) is 0 Å². The molecule has 32 heavy (non-hydrogen) atoms. The first-order valence-corrected chi connectivity index (χ1v) is 12.2. The molecule has 1 aliphatic heterocycles. The molecule has 1 unspecified atom stereocenters. The molecular weight excluding hydrogens is 444 g/mol. The Morgan fingerprint density at radius 1 is 1.09 bits per heavy atom. The van der Waals surface area contributed by atoms with E-state index >= 15 is 0 Å². The lowest BCUT2D eigenvalue weighted by Gasteiger charge is -2.25. The summed E-state index contributed by atoms with van der Waals surface area (Å²) in [5.41, 5.74) is -0.0195. The Bertz CT molecular complexity index is 1300. The maximum atomic E-state index is 13.3. The zero-order valence-electron chi connectivity index (χ0n) is 17.0. The van der Waals surface area contributed by atoms with Crippen LogP contribution in [0.15, 0.2) is 60.7 Å². The number of ether oxygens (including phenoxy) is 1. The number of carboxylic acids is 1. The topological polar surface area (TPSA) is 88.5 Å². The van der Waals surface area contributed by atoms with Crippen molar-refractivity contribution >= 4 is 56.0 Å². The van der Waals surface area contributed by atoms with Gasteiger partial charge in [-0.15, -0.1) is 11.3 Å². The van der Waals surface area contributed by atoms with Crippen LogP contribution >= 0.6 is 23.1 Å². The van der Waals surface area contributed by atoms with Crippen LogP contribution in [0.5, 0.6) is 5.75 Å². The Labute approximate surface area is 192 Å². The molecule has 1 aliphatic rings. The number of aliphatic carboxylic acids is 1. The maximum Gasteiger partial charge on any atom is 0.330 e. The number of hydrogen-bond acceptors (Lipinski definition) is 6. The fourth-order valence-corrected chi connectivity index (χ4v) is 6.07. The number of aromatic nitrogens is 1. The van der Waals surface area contributed by atoms with Gasteiger partial charge in [0.1, 0.15) is 22.9 Å². The van der Waals surface area contributed by atoms with Crippen LogP contribution in [-0.2, 0) is 11.4 Å². The highest BCUT2D eigenvalue weighted by Crippen LogP contribution is 2.34. The molecule has 0 bridgehead atoms. The van der Waals surface area contributed by atoms with Crippen molar-refractivity contribution in [1.29, 1.82) is 0 Å². The molecule has 2 heterocycles. The van der Waals surface area contributed by atoms with Gasteiger partial charge >= 0.3 is 5.97 Å². The van der Waals surface area contributed by atoms with E-state index in [1.165, 1.54) is 11.8 Å². The number of carboxylic acid groups (broad SMARTS) is 1. The van der Waals surface area contributed by atoms with Crippen LogP contribution in [0.2, 0.25) is 0 Å². The number of thioether (sulfide) groups is 1. The summed E-state index contributed by atoms with van der Waals surface area (Å²) in [4.78, 5) is 29.8. The van der Waals surface area contributed by atoms with E-state index in [0.717, 1.165) is 26.0 Å². The van der Waals surface area contributed by atoms with Crippen LogP contribution in [0.3, 0.4) is 0 Å². The molecule has 1 aromatic heterocycles. The predicted octanol–water partition coefficient (Wildman–Crippen LogP) is 4.72. The normalized spacial score (nSPS) is 18.1. The molecule has 1 atom stereocenters. The van der Waals surface area contributed by atoms with Crippen molar-refractivity contribution in [2.45, 2.75) is 18.6 Å². The third kappa shape index (κ3) is 3.80. The largest absolute Gasteiger partial charge is 0.485 e. The minimum atomic E-state index is -1.25. The standard InChI is InChI=1S/C24H20N2O4S2/c27-22(26-24(23(28)29)11-12-31-14-24)17-10-9-15-5-1-2-6-16(15)21(17)30-13-20-25-18-7-3-4-8-19(18)32-20/h1-10H,11-14H2,(H,26,27)(H,28,29). The maximum absolute atomic E-state index is 13.3. The fourth-order valence-electron chi connectivity index (χ4n) is 3.86. The molecule has 0 radical (unpaired) electrons. The molecule has 2 N–H and O–H groups in total. The summed E-state index contributed by atoms with van der Waals surface area (Å²) in [6.45, 7) is 0.216. The SMILES string of the molecule is O=C(NC1(C(=O)O)CCSC1)c1ccc2ccccc2c1OCc1nc2ccccc2s1. The van der Waals surface area contributed by atoms with Gasteiger partial charge in [-0.05, 0) is 35.8 Å². The number of para-hydroxylation sites is 1. The molecule has 0 spiro atoms. The monoisotopic (exact) mass is 464 g/mol. The predicted molar refractivity (Wildman–Crippen MR) is 128 cm³/mol. The van der Waals surface area contributed by atoms with Gasteiger partial charge in [0.05, 0.1) is 15.8 Å². The van der Waals surface area contributed by atoms with Crippen molar-refractivity contribution in [2.75, 3.05) is 11.5 Å². The molecule has 1 fully saturated rings. The number of rotatable bonds is 6. The minimum absolute atomic E-state index is 0.216. The van der Waals surface area contributed by atoms with E-state index < -0.39 is 17.4 Å². The second-order valence-electron chi connectivity index (χ2n) is 7.67. The first-order valence-electron chi connectivity index (χ1n) is 10.2. The van der Waals surface area contributed by atoms with E-state index in [4.69, 9.17) is 4.74 Å². The van der Waals surface area contributed by atoms with Gasteiger partial charge in [-0.2, -0.15) is 11.8 Å². The highest BCUT2D eigenvalue weighted by Gasteiger charge is 2.43. The third-order valence-corrected chi connectivity index (χ3v) is 7.79. The highest BCUT2D eigenvalue weighted by molar-refractivity contribution is 7.99. The van der Waals surface area contributed by atoms with Crippen molar-refractivity contribution < 1.29 is 19.4 Å². The van der Waals surface area contributed by atoms with Gasteiger partial charge in [0.2, 0.25) is 0 Å². The summed E-state index contributed by atoms with van der Waals surface area (Å²) < 4.78 is 7.25. The molecule has 4 aromatic rings. The first kappa shape index (κ1) is 20.8. The van der Waals surface area contributed by atoms with E-state index in [-0.39, 0.29) is 6.61 Å². The lowest BCUT2D eigenvalue weighted by molar-refractivity contribution is -0.143. The summed E-state index contributed by atoms with van der Waals surface area (Å²) in [5.74, 6) is 0.0361. The fraction of sp³-hybridized carbons (Fsp3) is 0.208. The zero-order valence-corrected chi connectivity index (χ0v) is 18.7. The lowest BCUT2D eigenvalue weighted by Crippen LogP contribution is -2.54. The van der Waals surface area contributed by atoms with E-state index in [2.05, 4.69) is 10.3 Å². The van der Waals surface area contributed by atoms with Crippen molar-refractivity contribution in [3.8, 4) is 5.75 Å². The third-order valence-electron chi connectivity index (χ3n) is 5.59. The van der Waals surface area contributed by atoms with Crippen LogP contribution in [0.4, 0.5) is 0 Å². The number of carbonyl (C=O) groups is 2. The Morgan fingerprint density at radius 2 is 1.91 bits per heavy atom. The van der Waals surface area contributed by atoms with E-state index in [1.54, 1.807) is 17.4 Å². The number of carbonyl (C=O) groups excluding carboxylic acids is 1. The molecular formula is C24H20N2O4S2. The second kappa shape index (κ2) is 8.44.